The van der Waals surface area contributed by atoms with Crippen LogP contribution in [0.1, 0.15) is 45.4 Å². The molecule has 0 radical (unpaired) electrons. The van der Waals surface area contributed by atoms with Crippen LogP contribution in [0.3, 0.4) is 0 Å². The molecule has 1 atom stereocenters. The Morgan fingerprint density at radius 1 is 1.03 bits per heavy atom. The van der Waals surface area contributed by atoms with E-state index in [9.17, 15) is 18.0 Å². The van der Waals surface area contributed by atoms with Crippen LogP contribution >= 0.6 is 0 Å². The first-order valence-electron chi connectivity index (χ1n) is 10.1. The van der Waals surface area contributed by atoms with E-state index >= 15 is 0 Å². The second-order valence-corrected chi connectivity index (χ2v) is 7.59. The van der Waals surface area contributed by atoms with Gasteiger partial charge in [0.15, 0.2) is 6.10 Å². The standard InChI is InChI=1S/C20H27F3N2O4/c1-14(20(21,22)23)27-19(26)25-12-8-18(9-13-25)29-16-4-2-15(3-5-16)28-17-6-10-24-11-7-17/h6-7,10-11,14-16,18H,2-5,8-9,12-13H2,1H3/t14-,15?,16?/m1/s1. The summed E-state index contributed by atoms with van der Waals surface area (Å²) in [5.74, 6) is 0.823. The normalized spacial score (nSPS) is 24.8. The number of aromatic nitrogens is 1. The highest BCUT2D eigenvalue weighted by molar-refractivity contribution is 5.68. The van der Waals surface area contributed by atoms with Gasteiger partial charge in [0.1, 0.15) is 5.75 Å². The molecule has 0 spiro atoms. The van der Waals surface area contributed by atoms with Crippen LogP contribution in [-0.4, -0.2) is 59.7 Å². The number of ether oxygens (including phenoxy) is 3. The molecule has 0 N–H and O–H groups in total. The minimum absolute atomic E-state index is 0.0155. The van der Waals surface area contributed by atoms with Crippen LogP contribution in [0, 0.1) is 0 Å². The summed E-state index contributed by atoms with van der Waals surface area (Å²) in [6.07, 6.45) is 1.01. The molecule has 1 aliphatic heterocycles. The molecular weight excluding hydrogens is 389 g/mol. The van der Waals surface area contributed by atoms with Gasteiger partial charge in [-0.3, -0.25) is 4.98 Å². The predicted octanol–water partition coefficient (Wildman–Crippen LogP) is 4.34. The summed E-state index contributed by atoms with van der Waals surface area (Å²) < 4.78 is 54.2. The number of carbonyl (C=O) groups is 1. The second kappa shape index (κ2) is 9.65. The number of rotatable bonds is 5. The van der Waals surface area contributed by atoms with Crippen LogP contribution in [0.5, 0.6) is 5.75 Å². The number of likely N-dealkylation sites (tertiary alicyclic amines) is 1. The van der Waals surface area contributed by atoms with Gasteiger partial charge in [0.25, 0.3) is 0 Å². The van der Waals surface area contributed by atoms with Crippen molar-refractivity contribution in [1.82, 2.24) is 9.88 Å². The monoisotopic (exact) mass is 416 g/mol. The van der Waals surface area contributed by atoms with E-state index < -0.39 is 18.4 Å². The van der Waals surface area contributed by atoms with Gasteiger partial charge in [-0.05, 0) is 57.6 Å². The summed E-state index contributed by atoms with van der Waals surface area (Å²) in [6, 6.07) is 3.69. The third-order valence-electron chi connectivity index (χ3n) is 5.40. The van der Waals surface area contributed by atoms with Gasteiger partial charge in [-0.25, -0.2) is 4.79 Å². The summed E-state index contributed by atoms with van der Waals surface area (Å²) in [7, 11) is 0. The molecule has 1 saturated heterocycles. The number of piperidine rings is 1. The van der Waals surface area contributed by atoms with Crippen molar-refractivity contribution in [2.45, 2.75) is 76.0 Å². The molecule has 29 heavy (non-hydrogen) atoms. The maximum absolute atomic E-state index is 12.5. The van der Waals surface area contributed by atoms with E-state index in [1.54, 1.807) is 12.4 Å². The number of pyridine rings is 1. The van der Waals surface area contributed by atoms with Gasteiger partial charge in [0, 0.05) is 25.5 Å². The largest absolute Gasteiger partial charge is 0.490 e. The average molecular weight is 416 g/mol. The van der Waals surface area contributed by atoms with Crippen LogP contribution in [0.25, 0.3) is 0 Å². The van der Waals surface area contributed by atoms with Crippen molar-refractivity contribution in [2.75, 3.05) is 13.1 Å². The highest BCUT2D eigenvalue weighted by atomic mass is 19.4. The summed E-state index contributed by atoms with van der Waals surface area (Å²) >= 11 is 0. The van der Waals surface area contributed by atoms with Crippen molar-refractivity contribution in [1.29, 1.82) is 0 Å². The molecule has 2 heterocycles. The number of hydrogen-bond acceptors (Lipinski definition) is 5. The molecule has 1 aromatic rings. The minimum Gasteiger partial charge on any atom is -0.490 e. The Hall–Kier alpha value is -2.03. The molecule has 3 rings (SSSR count). The quantitative estimate of drug-likeness (QED) is 0.715. The van der Waals surface area contributed by atoms with Crippen LogP contribution < -0.4 is 4.74 Å². The van der Waals surface area contributed by atoms with E-state index in [-0.39, 0.29) is 18.3 Å². The van der Waals surface area contributed by atoms with Crippen LogP contribution in [-0.2, 0) is 9.47 Å². The molecule has 0 aromatic carbocycles. The topological polar surface area (TPSA) is 60.9 Å². The molecule has 1 saturated carbocycles. The summed E-state index contributed by atoms with van der Waals surface area (Å²) in [5, 5.41) is 0. The molecule has 9 heteroatoms. The minimum atomic E-state index is -4.54. The van der Waals surface area contributed by atoms with Gasteiger partial charge >= 0.3 is 12.3 Å². The van der Waals surface area contributed by atoms with E-state index in [0.717, 1.165) is 38.4 Å². The Balaban J connectivity index is 1.34. The molecule has 1 aliphatic carbocycles. The van der Waals surface area contributed by atoms with Gasteiger partial charge in [-0.1, -0.05) is 0 Å². The number of alkyl halides is 3. The van der Waals surface area contributed by atoms with Crippen molar-refractivity contribution in [2.24, 2.45) is 0 Å². The molecule has 162 valence electrons. The SMILES string of the molecule is C[C@@H](OC(=O)N1CCC(OC2CCC(Oc3ccncc3)CC2)CC1)C(F)(F)F. The third kappa shape index (κ3) is 6.48. The van der Waals surface area contributed by atoms with Crippen molar-refractivity contribution in [3.8, 4) is 5.75 Å². The zero-order valence-electron chi connectivity index (χ0n) is 16.4. The fourth-order valence-corrected chi connectivity index (χ4v) is 3.63. The maximum atomic E-state index is 12.5. The average Bonchev–Trinajstić information content (AvgIpc) is 2.70. The number of amides is 1. The molecular formula is C20H27F3N2O4. The van der Waals surface area contributed by atoms with Crippen LogP contribution in [0.15, 0.2) is 24.5 Å². The lowest BCUT2D eigenvalue weighted by atomic mass is 9.94. The van der Waals surface area contributed by atoms with Crippen LogP contribution in [0.4, 0.5) is 18.0 Å². The molecule has 2 fully saturated rings. The summed E-state index contributed by atoms with van der Waals surface area (Å²) in [6.45, 7) is 1.52. The highest BCUT2D eigenvalue weighted by Gasteiger charge is 2.40. The molecule has 1 amide bonds. The molecule has 2 aliphatic rings. The van der Waals surface area contributed by atoms with Crippen molar-refractivity contribution in [3.63, 3.8) is 0 Å². The fraction of sp³-hybridized carbons (Fsp3) is 0.700. The molecule has 6 nitrogen and oxygen atoms in total. The Morgan fingerprint density at radius 3 is 2.17 bits per heavy atom. The Kier molecular flexibility index (Phi) is 7.21. The third-order valence-corrected chi connectivity index (χ3v) is 5.40. The number of nitrogens with zero attached hydrogens (tertiary/aromatic N) is 2. The van der Waals surface area contributed by atoms with E-state index in [1.807, 2.05) is 12.1 Å². The van der Waals surface area contributed by atoms with Crippen molar-refractivity contribution < 1.29 is 32.2 Å². The smallest absolute Gasteiger partial charge is 0.425 e. The van der Waals surface area contributed by atoms with E-state index in [0.29, 0.717) is 25.9 Å². The zero-order chi connectivity index (χ0) is 20.9. The van der Waals surface area contributed by atoms with Gasteiger partial charge in [0.05, 0.1) is 18.3 Å². The maximum Gasteiger partial charge on any atom is 0.425 e. The van der Waals surface area contributed by atoms with E-state index in [4.69, 9.17) is 9.47 Å². The Bertz CT molecular complexity index is 643. The molecule has 0 bridgehead atoms. The van der Waals surface area contributed by atoms with Gasteiger partial charge in [-0.2, -0.15) is 13.2 Å². The van der Waals surface area contributed by atoms with Gasteiger partial charge < -0.3 is 19.1 Å². The first kappa shape index (κ1) is 21.7. The summed E-state index contributed by atoms with van der Waals surface area (Å²) in [4.78, 5) is 17.2. The van der Waals surface area contributed by atoms with Gasteiger partial charge in [0.2, 0.25) is 0 Å². The first-order chi connectivity index (χ1) is 13.8. The summed E-state index contributed by atoms with van der Waals surface area (Å²) in [5.41, 5.74) is 0. The fourth-order valence-electron chi connectivity index (χ4n) is 3.63. The van der Waals surface area contributed by atoms with E-state index in [2.05, 4.69) is 9.72 Å². The lowest BCUT2D eigenvalue weighted by Gasteiger charge is -2.36. The van der Waals surface area contributed by atoms with Gasteiger partial charge in [-0.15, -0.1) is 0 Å². The molecule has 0 unspecified atom stereocenters. The van der Waals surface area contributed by atoms with Crippen molar-refractivity contribution in [3.05, 3.63) is 24.5 Å². The zero-order valence-corrected chi connectivity index (χ0v) is 16.4. The first-order valence-corrected chi connectivity index (χ1v) is 10.1. The highest BCUT2D eigenvalue weighted by Crippen LogP contribution is 2.28. The van der Waals surface area contributed by atoms with Crippen LogP contribution in [0.2, 0.25) is 0 Å². The Labute approximate surface area is 168 Å². The molecule has 1 aromatic heterocycles. The second-order valence-electron chi connectivity index (χ2n) is 7.59. The number of halogens is 3. The Morgan fingerprint density at radius 2 is 1.59 bits per heavy atom. The lowest BCUT2D eigenvalue weighted by molar-refractivity contribution is -0.200. The predicted molar refractivity (Wildman–Crippen MR) is 98.6 cm³/mol. The van der Waals surface area contributed by atoms with E-state index in [1.165, 1.54) is 4.90 Å². The lowest BCUT2D eigenvalue weighted by Crippen LogP contribution is -2.44. The number of carbonyl (C=O) groups excluding carboxylic acids is 1. The van der Waals surface area contributed by atoms with Crippen molar-refractivity contribution >= 4 is 6.09 Å². The number of hydrogen-bond donors (Lipinski definition) is 0.